The Labute approximate surface area is 151 Å². The highest BCUT2D eigenvalue weighted by Gasteiger charge is 2.18. The molecule has 10 heteroatoms. The molecule has 2 aromatic carbocycles. The number of nitrogen functional groups attached to an aromatic ring is 1. The molecular weight excluding hydrogens is 373 g/mol. The van der Waals surface area contributed by atoms with Crippen molar-refractivity contribution in [3.63, 3.8) is 0 Å². The molecule has 1 amide bonds. The van der Waals surface area contributed by atoms with Crippen LogP contribution in [0.2, 0.25) is 10.0 Å². The smallest absolute Gasteiger partial charge is 0.341 e. The molecule has 2 rings (SSSR count). The number of nitro groups is 1. The lowest BCUT2D eigenvalue weighted by Crippen LogP contribution is -2.21. The second-order valence-electron chi connectivity index (χ2n) is 4.78. The van der Waals surface area contributed by atoms with E-state index in [0.717, 1.165) is 12.1 Å². The fraction of sp³-hybridized carbons (Fsp3) is 0.0667. The Hall–Kier alpha value is -2.84. The second-order valence-corrected chi connectivity index (χ2v) is 5.62. The molecule has 0 radical (unpaired) electrons. The van der Waals surface area contributed by atoms with Crippen LogP contribution in [-0.2, 0) is 9.53 Å². The van der Waals surface area contributed by atoms with Gasteiger partial charge in [-0.1, -0.05) is 23.2 Å². The first-order chi connectivity index (χ1) is 11.8. The highest BCUT2D eigenvalue weighted by Crippen LogP contribution is 2.25. The summed E-state index contributed by atoms with van der Waals surface area (Å²) >= 11 is 11.7. The normalized spacial score (nSPS) is 10.2. The third kappa shape index (κ3) is 4.82. The summed E-state index contributed by atoms with van der Waals surface area (Å²) in [6, 6.07) is 7.81. The van der Waals surface area contributed by atoms with Crippen molar-refractivity contribution in [2.24, 2.45) is 0 Å². The van der Waals surface area contributed by atoms with Crippen molar-refractivity contribution in [2.75, 3.05) is 17.7 Å². The number of nitro benzene ring substituents is 1. The molecule has 0 unspecified atom stereocenters. The summed E-state index contributed by atoms with van der Waals surface area (Å²) in [5.41, 5.74) is 5.32. The van der Waals surface area contributed by atoms with Gasteiger partial charge in [-0.05, 0) is 24.3 Å². The average molecular weight is 384 g/mol. The van der Waals surface area contributed by atoms with E-state index < -0.39 is 23.4 Å². The molecule has 0 saturated heterocycles. The number of amides is 1. The Bertz CT molecular complexity index is 857. The van der Waals surface area contributed by atoms with Gasteiger partial charge < -0.3 is 15.8 Å². The summed E-state index contributed by atoms with van der Waals surface area (Å²) in [6.07, 6.45) is 0. The summed E-state index contributed by atoms with van der Waals surface area (Å²) in [6.45, 7) is -0.635. The van der Waals surface area contributed by atoms with Crippen molar-refractivity contribution in [2.45, 2.75) is 0 Å². The summed E-state index contributed by atoms with van der Waals surface area (Å²) in [7, 11) is 0. The Morgan fingerprint density at radius 3 is 2.60 bits per heavy atom. The SMILES string of the molecule is Nc1ccc([N+](=O)[O-])cc1C(=O)OCC(=O)Nc1cc(Cl)ccc1Cl. The predicted octanol–water partition coefficient (Wildman–Crippen LogP) is 3.28. The fourth-order valence-corrected chi connectivity index (χ4v) is 2.16. The van der Waals surface area contributed by atoms with Gasteiger partial charge in [0, 0.05) is 22.8 Å². The number of rotatable bonds is 5. The number of nitrogens with two attached hydrogens (primary N) is 1. The highest BCUT2D eigenvalue weighted by atomic mass is 35.5. The summed E-state index contributed by atoms with van der Waals surface area (Å²) in [5.74, 6) is -1.63. The number of esters is 1. The standard InChI is InChI=1S/C15H11Cl2N3O5/c16-8-1-3-11(17)13(5-8)19-14(21)7-25-15(22)10-6-9(20(23)24)2-4-12(10)18/h1-6H,7,18H2,(H,19,21). The number of anilines is 2. The molecule has 8 nitrogen and oxygen atoms in total. The maximum atomic E-state index is 12.0. The van der Waals surface area contributed by atoms with E-state index in [1.165, 1.54) is 18.2 Å². The zero-order valence-electron chi connectivity index (χ0n) is 12.5. The number of nitrogens with one attached hydrogen (secondary N) is 1. The van der Waals surface area contributed by atoms with Crippen LogP contribution in [0.15, 0.2) is 36.4 Å². The van der Waals surface area contributed by atoms with Gasteiger partial charge >= 0.3 is 5.97 Å². The molecule has 0 spiro atoms. The topological polar surface area (TPSA) is 125 Å². The van der Waals surface area contributed by atoms with Gasteiger partial charge in [-0.2, -0.15) is 0 Å². The maximum absolute atomic E-state index is 12.0. The third-order valence-electron chi connectivity index (χ3n) is 3.00. The van der Waals surface area contributed by atoms with E-state index in [1.807, 2.05) is 0 Å². The van der Waals surface area contributed by atoms with E-state index in [9.17, 15) is 19.7 Å². The van der Waals surface area contributed by atoms with Crippen molar-refractivity contribution >= 4 is 52.1 Å². The van der Waals surface area contributed by atoms with Crippen molar-refractivity contribution in [1.82, 2.24) is 0 Å². The number of carbonyl (C=O) groups excluding carboxylic acids is 2. The zero-order chi connectivity index (χ0) is 18.6. The third-order valence-corrected chi connectivity index (χ3v) is 3.57. The lowest BCUT2D eigenvalue weighted by molar-refractivity contribution is -0.384. The van der Waals surface area contributed by atoms with Gasteiger partial charge in [0.1, 0.15) is 0 Å². The molecule has 0 aliphatic heterocycles. The Morgan fingerprint density at radius 2 is 1.92 bits per heavy atom. The van der Waals surface area contributed by atoms with Crippen LogP contribution in [0, 0.1) is 10.1 Å². The molecule has 2 aromatic rings. The molecule has 130 valence electrons. The van der Waals surface area contributed by atoms with Gasteiger partial charge in [0.25, 0.3) is 11.6 Å². The van der Waals surface area contributed by atoms with Crippen LogP contribution in [0.25, 0.3) is 0 Å². The predicted molar refractivity (Wildman–Crippen MR) is 92.9 cm³/mol. The molecule has 3 N–H and O–H groups in total. The zero-order valence-corrected chi connectivity index (χ0v) is 14.0. The molecule has 0 saturated carbocycles. The molecule has 25 heavy (non-hydrogen) atoms. The summed E-state index contributed by atoms with van der Waals surface area (Å²) < 4.78 is 4.82. The van der Waals surface area contributed by atoms with E-state index in [-0.39, 0.29) is 27.6 Å². The number of carbonyl (C=O) groups is 2. The Morgan fingerprint density at radius 1 is 1.20 bits per heavy atom. The average Bonchev–Trinajstić information content (AvgIpc) is 2.56. The molecule has 0 aromatic heterocycles. The number of benzene rings is 2. The van der Waals surface area contributed by atoms with Gasteiger partial charge in [0.05, 0.1) is 21.2 Å². The number of ether oxygens (including phenoxy) is 1. The Balaban J connectivity index is 2.02. The van der Waals surface area contributed by atoms with Crippen molar-refractivity contribution in [3.8, 4) is 0 Å². The first kappa shape index (κ1) is 18.5. The number of hydrogen-bond acceptors (Lipinski definition) is 6. The number of non-ortho nitro benzene ring substituents is 1. The lowest BCUT2D eigenvalue weighted by atomic mass is 10.1. The minimum atomic E-state index is -0.964. The van der Waals surface area contributed by atoms with Gasteiger partial charge in [0.2, 0.25) is 0 Å². The largest absolute Gasteiger partial charge is 0.452 e. The van der Waals surface area contributed by atoms with E-state index in [1.54, 1.807) is 6.07 Å². The van der Waals surface area contributed by atoms with Crippen molar-refractivity contribution in [3.05, 3.63) is 62.1 Å². The molecule has 0 fully saturated rings. The Kier molecular flexibility index (Phi) is 5.79. The molecule has 0 aliphatic carbocycles. The van der Waals surface area contributed by atoms with Gasteiger partial charge in [-0.15, -0.1) is 0 Å². The minimum Gasteiger partial charge on any atom is -0.452 e. The molecule has 0 bridgehead atoms. The quantitative estimate of drug-likeness (QED) is 0.353. The highest BCUT2D eigenvalue weighted by molar-refractivity contribution is 6.35. The summed E-state index contributed by atoms with van der Waals surface area (Å²) in [5, 5.41) is 13.8. The van der Waals surface area contributed by atoms with Crippen LogP contribution in [0.5, 0.6) is 0 Å². The van der Waals surface area contributed by atoms with Crippen LogP contribution >= 0.6 is 23.2 Å². The van der Waals surface area contributed by atoms with E-state index in [4.69, 9.17) is 33.7 Å². The minimum absolute atomic E-state index is 0.00565. The maximum Gasteiger partial charge on any atom is 0.341 e. The van der Waals surface area contributed by atoms with Gasteiger partial charge in [0.15, 0.2) is 6.61 Å². The van der Waals surface area contributed by atoms with Gasteiger partial charge in [-0.25, -0.2) is 4.79 Å². The molecule has 0 aliphatic rings. The first-order valence-electron chi connectivity index (χ1n) is 6.74. The second kappa shape index (κ2) is 7.82. The molecule has 0 atom stereocenters. The number of halogens is 2. The lowest BCUT2D eigenvalue weighted by Gasteiger charge is -2.09. The van der Waals surface area contributed by atoms with Crippen LogP contribution in [0.4, 0.5) is 17.1 Å². The summed E-state index contributed by atoms with van der Waals surface area (Å²) in [4.78, 5) is 33.9. The van der Waals surface area contributed by atoms with Crippen molar-refractivity contribution in [1.29, 1.82) is 0 Å². The van der Waals surface area contributed by atoms with E-state index >= 15 is 0 Å². The van der Waals surface area contributed by atoms with Crippen LogP contribution in [-0.4, -0.2) is 23.4 Å². The van der Waals surface area contributed by atoms with Crippen molar-refractivity contribution < 1.29 is 19.2 Å². The first-order valence-corrected chi connectivity index (χ1v) is 7.49. The number of nitrogens with zero attached hydrogens (tertiary/aromatic N) is 1. The van der Waals surface area contributed by atoms with Crippen LogP contribution in [0.3, 0.4) is 0 Å². The van der Waals surface area contributed by atoms with E-state index in [2.05, 4.69) is 5.32 Å². The molecule has 0 heterocycles. The van der Waals surface area contributed by atoms with Crippen LogP contribution < -0.4 is 11.1 Å². The van der Waals surface area contributed by atoms with E-state index in [0.29, 0.717) is 5.02 Å². The van der Waals surface area contributed by atoms with Gasteiger partial charge in [-0.3, -0.25) is 14.9 Å². The fourth-order valence-electron chi connectivity index (χ4n) is 1.82. The monoisotopic (exact) mass is 383 g/mol. The van der Waals surface area contributed by atoms with Crippen LogP contribution in [0.1, 0.15) is 10.4 Å². The molecular formula is C15H11Cl2N3O5. The number of hydrogen-bond donors (Lipinski definition) is 2.